The molecule has 0 bridgehead atoms. The summed E-state index contributed by atoms with van der Waals surface area (Å²) < 4.78 is 0. The third-order valence-corrected chi connectivity index (χ3v) is 3.23. The van der Waals surface area contributed by atoms with E-state index >= 15 is 0 Å². The largest absolute Gasteiger partial charge is 0.480 e. The summed E-state index contributed by atoms with van der Waals surface area (Å²) in [5, 5.41) is 11.8. The minimum absolute atomic E-state index is 0.232. The molecule has 0 aromatic heterocycles. The van der Waals surface area contributed by atoms with Gasteiger partial charge in [-0.25, -0.2) is 4.79 Å². The Morgan fingerprint density at radius 1 is 1.59 bits per heavy atom. The van der Waals surface area contributed by atoms with Crippen LogP contribution in [0.4, 0.5) is 4.79 Å². The van der Waals surface area contributed by atoms with Crippen LogP contribution >= 0.6 is 11.8 Å². The fourth-order valence-corrected chi connectivity index (χ4v) is 1.50. The minimum atomic E-state index is -1.03. The van der Waals surface area contributed by atoms with Gasteiger partial charge in [-0.1, -0.05) is 13.0 Å². The molecule has 5 nitrogen and oxygen atoms in total. The number of thioether (sulfide) groups is 1. The fourth-order valence-electron chi connectivity index (χ4n) is 1.15. The zero-order valence-corrected chi connectivity index (χ0v) is 11.1. The zero-order chi connectivity index (χ0) is 13.3. The van der Waals surface area contributed by atoms with Crippen LogP contribution in [0.2, 0.25) is 0 Å². The van der Waals surface area contributed by atoms with Crippen molar-refractivity contribution in [3.05, 3.63) is 12.7 Å². The predicted molar refractivity (Wildman–Crippen MR) is 70.4 cm³/mol. The molecule has 98 valence electrons. The molecule has 0 radical (unpaired) electrons. The topological polar surface area (TPSA) is 69.6 Å². The van der Waals surface area contributed by atoms with Gasteiger partial charge in [0.25, 0.3) is 0 Å². The van der Waals surface area contributed by atoms with E-state index in [1.807, 2.05) is 6.26 Å². The Labute approximate surface area is 106 Å². The highest BCUT2D eigenvalue weighted by atomic mass is 32.2. The monoisotopic (exact) mass is 260 g/mol. The van der Waals surface area contributed by atoms with Crippen LogP contribution < -0.4 is 5.32 Å². The molecule has 0 aliphatic heterocycles. The van der Waals surface area contributed by atoms with E-state index in [0.29, 0.717) is 11.8 Å². The normalized spacial score (nSPS) is 11.6. The summed E-state index contributed by atoms with van der Waals surface area (Å²) in [5.41, 5.74) is 0. The minimum Gasteiger partial charge on any atom is -0.480 e. The number of nitrogens with one attached hydrogen (secondary N) is 1. The average Bonchev–Trinajstić information content (AvgIpc) is 2.27. The number of carboxylic acids is 1. The SMILES string of the molecule is C=CCN(CC(=O)O)C(=O)NCCC(C)SC. The quantitative estimate of drug-likeness (QED) is 0.647. The smallest absolute Gasteiger partial charge is 0.323 e. The van der Waals surface area contributed by atoms with Crippen LogP contribution in [0, 0.1) is 0 Å². The number of carbonyl (C=O) groups is 2. The molecule has 0 rings (SSSR count). The summed E-state index contributed by atoms with van der Waals surface area (Å²) >= 11 is 1.73. The molecule has 1 atom stereocenters. The van der Waals surface area contributed by atoms with Crippen LogP contribution in [0.3, 0.4) is 0 Å². The van der Waals surface area contributed by atoms with Gasteiger partial charge in [0.15, 0.2) is 0 Å². The lowest BCUT2D eigenvalue weighted by atomic mass is 10.3. The second-order valence-corrected chi connectivity index (χ2v) is 4.91. The summed E-state index contributed by atoms with van der Waals surface area (Å²) in [6, 6.07) is -0.361. The first kappa shape index (κ1) is 15.8. The number of hydrogen-bond donors (Lipinski definition) is 2. The van der Waals surface area contributed by atoms with Crippen LogP contribution in [0.1, 0.15) is 13.3 Å². The van der Waals surface area contributed by atoms with Gasteiger partial charge in [0.1, 0.15) is 6.54 Å². The van der Waals surface area contributed by atoms with Crippen LogP contribution in [-0.2, 0) is 4.79 Å². The highest BCUT2D eigenvalue weighted by Gasteiger charge is 2.14. The molecule has 0 spiro atoms. The summed E-state index contributed by atoms with van der Waals surface area (Å²) in [6.45, 7) is 6.05. The molecule has 2 amide bonds. The Bertz CT molecular complexity index is 271. The maximum Gasteiger partial charge on any atom is 0.323 e. The van der Waals surface area contributed by atoms with Crippen molar-refractivity contribution in [2.24, 2.45) is 0 Å². The fraction of sp³-hybridized carbons (Fsp3) is 0.636. The second kappa shape index (κ2) is 8.92. The second-order valence-electron chi connectivity index (χ2n) is 3.63. The van der Waals surface area contributed by atoms with Gasteiger partial charge < -0.3 is 15.3 Å². The Balaban J connectivity index is 4.05. The van der Waals surface area contributed by atoms with Gasteiger partial charge in [-0.3, -0.25) is 4.79 Å². The number of rotatable bonds is 8. The number of urea groups is 1. The van der Waals surface area contributed by atoms with Crippen LogP contribution in [0.15, 0.2) is 12.7 Å². The van der Waals surface area contributed by atoms with Crippen molar-refractivity contribution in [2.45, 2.75) is 18.6 Å². The lowest BCUT2D eigenvalue weighted by Gasteiger charge is -2.19. The van der Waals surface area contributed by atoms with Crippen molar-refractivity contribution in [3.8, 4) is 0 Å². The van der Waals surface area contributed by atoms with Gasteiger partial charge in [0, 0.05) is 18.3 Å². The van der Waals surface area contributed by atoms with E-state index in [1.165, 1.54) is 11.0 Å². The number of carboxylic acid groups (broad SMARTS) is 1. The summed E-state index contributed by atoms with van der Waals surface area (Å²) in [5.74, 6) is -1.03. The van der Waals surface area contributed by atoms with Gasteiger partial charge >= 0.3 is 12.0 Å². The summed E-state index contributed by atoms with van der Waals surface area (Å²) in [4.78, 5) is 23.4. The van der Waals surface area contributed by atoms with Crippen molar-refractivity contribution in [3.63, 3.8) is 0 Å². The molecule has 0 aromatic rings. The number of aliphatic carboxylic acids is 1. The van der Waals surface area contributed by atoms with Gasteiger partial charge in [0.2, 0.25) is 0 Å². The molecule has 17 heavy (non-hydrogen) atoms. The van der Waals surface area contributed by atoms with E-state index < -0.39 is 5.97 Å². The molecule has 1 unspecified atom stereocenters. The van der Waals surface area contributed by atoms with Crippen molar-refractivity contribution >= 4 is 23.8 Å². The average molecular weight is 260 g/mol. The lowest BCUT2D eigenvalue weighted by Crippen LogP contribution is -2.43. The van der Waals surface area contributed by atoms with Crippen molar-refractivity contribution in [2.75, 3.05) is 25.9 Å². The van der Waals surface area contributed by atoms with E-state index in [1.54, 1.807) is 11.8 Å². The molecule has 0 aromatic carbocycles. The van der Waals surface area contributed by atoms with Crippen molar-refractivity contribution < 1.29 is 14.7 Å². The highest BCUT2D eigenvalue weighted by Crippen LogP contribution is 2.07. The molecule has 0 saturated heterocycles. The first-order valence-corrected chi connectivity index (χ1v) is 6.68. The summed E-state index contributed by atoms with van der Waals surface area (Å²) in [7, 11) is 0. The molecule has 2 N–H and O–H groups in total. The van der Waals surface area contributed by atoms with Gasteiger partial charge in [0.05, 0.1) is 0 Å². The van der Waals surface area contributed by atoms with E-state index in [-0.39, 0.29) is 19.1 Å². The Morgan fingerprint density at radius 2 is 2.24 bits per heavy atom. The number of carbonyl (C=O) groups excluding carboxylic acids is 1. The van der Waals surface area contributed by atoms with E-state index in [9.17, 15) is 9.59 Å². The van der Waals surface area contributed by atoms with Crippen molar-refractivity contribution in [1.29, 1.82) is 0 Å². The number of amides is 2. The van der Waals surface area contributed by atoms with Crippen molar-refractivity contribution in [1.82, 2.24) is 10.2 Å². The summed E-state index contributed by atoms with van der Waals surface area (Å²) in [6.07, 6.45) is 4.38. The number of nitrogens with zero attached hydrogens (tertiary/aromatic N) is 1. The van der Waals surface area contributed by atoms with E-state index in [2.05, 4.69) is 18.8 Å². The first-order valence-electron chi connectivity index (χ1n) is 5.39. The molecule has 0 heterocycles. The van der Waals surface area contributed by atoms with Gasteiger partial charge in [-0.15, -0.1) is 6.58 Å². The molecular weight excluding hydrogens is 240 g/mol. The molecule has 0 saturated carbocycles. The molecule has 0 aliphatic rings. The molecule has 0 fully saturated rings. The van der Waals surface area contributed by atoms with Gasteiger partial charge in [-0.05, 0) is 12.7 Å². The van der Waals surface area contributed by atoms with Crippen LogP contribution in [0.5, 0.6) is 0 Å². The van der Waals surface area contributed by atoms with E-state index in [4.69, 9.17) is 5.11 Å². The van der Waals surface area contributed by atoms with Gasteiger partial charge in [-0.2, -0.15) is 11.8 Å². The lowest BCUT2D eigenvalue weighted by molar-refractivity contribution is -0.137. The van der Waals surface area contributed by atoms with E-state index in [0.717, 1.165) is 6.42 Å². The molecule has 0 aliphatic carbocycles. The predicted octanol–water partition coefficient (Wildman–Crippen LogP) is 1.41. The molecular formula is C11H20N2O3S. The Kier molecular flexibility index (Phi) is 8.31. The Hall–Kier alpha value is -1.17. The van der Waals surface area contributed by atoms with Crippen LogP contribution in [0.25, 0.3) is 0 Å². The standard InChI is InChI=1S/C11H20N2O3S/c1-4-7-13(8-10(14)15)11(16)12-6-5-9(2)17-3/h4,9H,1,5-8H2,2-3H3,(H,12,16)(H,14,15). The third-order valence-electron chi connectivity index (χ3n) is 2.19. The maximum absolute atomic E-state index is 11.6. The van der Waals surface area contributed by atoms with Crippen LogP contribution in [-0.4, -0.2) is 53.1 Å². The highest BCUT2D eigenvalue weighted by molar-refractivity contribution is 7.99. The number of hydrogen-bond acceptors (Lipinski definition) is 3. The maximum atomic E-state index is 11.6. The Morgan fingerprint density at radius 3 is 2.71 bits per heavy atom. The zero-order valence-electron chi connectivity index (χ0n) is 10.3. The third kappa shape index (κ3) is 7.68. The first-order chi connectivity index (χ1) is 8.01. The molecule has 6 heteroatoms.